The van der Waals surface area contributed by atoms with Crippen LogP contribution in [0.4, 0.5) is 0 Å². The van der Waals surface area contributed by atoms with Crippen molar-refractivity contribution in [2.75, 3.05) is 0 Å². The average molecular weight is 521 g/mol. The molecule has 1 N–H and O–H groups in total. The van der Waals surface area contributed by atoms with Gasteiger partial charge >= 0.3 is 213 Å². The first-order valence-electron chi connectivity index (χ1n) is 12.0. The van der Waals surface area contributed by atoms with E-state index in [4.69, 9.17) is 0 Å². The SMILES string of the molecule is CC1(C)c2nn[se]c2C(c2ccc(-c3ccccc3)cc2)NC1c1ccc(-c2ccccc2)cc1. The molecule has 2 unspecified atom stereocenters. The molecule has 0 fully saturated rings. The Morgan fingerprint density at radius 1 is 0.629 bits per heavy atom. The van der Waals surface area contributed by atoms with E-state index >= 15 is 0 Å². The average Bonchev–Trinajstić information content (AvgIpc) is 3.42. The van der Waals surface area contributed by atoms with E-state index in [2.05, 4.69) is 138 Å². The Kier molecular flexibility index (Phi) is 5.74. The number of fused-ring (bicyclic) bond motifs is 1. The summed E-state index contributed by atoms with van der Waals surface area (Å²) in [5, 5.41) is 8.69. The van der Waals surface area contributed by atoms with Crippen molar-refractivity contribution < 1.29 is 0 Å². The van der Waals surface area contributed by atoms with Gasteiger partial charge in [-0.2, -0.15) is 0 Å². The summed E-state index contributed by atoms with van der Waals surface area (Å²) in [5.41, 5.74) is 8.51. The fourth-order valence-electron chi connectivity index (χ4n) is 5.18. The normalized spacial score (nSPS) is 18.7. The molecule has 1 aliphatic heterocycles. The monoisotopic (exact) mass is 521 g/mol. The first-order valence-corrected chi connectivity index (χ1v) is 13.6. The van der Waals surface area contributed by atoms with E-state index in [1.807, 2.05) is 0 Å². The van der Waals surface area contributed by atoms with Crippen LogP contribution < -0.4 is 5.32 Å². The van der Waals surface area contributed by atoms with E-state index in [-0.39, 0.29) is 32.2 Å². The molecule has 5 aromatic rings. The van der Waals surface area contributed by atoms with Crippen molar-refractivity contribution >= 4 is 14.7 Å². The molecule has 4 heteroatoms. The molecule has 1 aromatic heterocycles. The minimum absolute atomic E-state index is 0.0323. The minimum atomic E-state index is -0.147. The van der Waals surface area contributed by atoms with Crippen LogP contribution in [0.1, 0.15) is 47.2 Å². The zero-order valence-corrected chi connectivity index (χ0v) is 21.6. The molecule has 3 nitrogen and oxygen atoms in total. The topological polar surface area (TPSA) is 37.8 Å². The molecule has 172 valence electrons. The van der Waals surface area contributed by atoms with Gasteiger partial charge in [-0.25, -0.2) is 0 Å². The third-order valence-corrected chi connectivity index (χ3v) is 8.80. The van der Waals surface area contributed by atoms with E-state index < -0.39 is 0 Å². The van der Waals surface area contributed by atoms with Crippen molar-refractivity contribution in [1.82, 2.24) is 14.5 Å². The van der Waals surface area contributed by atoms with Crippen molar-refractivity contribution in [3.8, 4) is 22.3 Å². The quantitative estimate of drug-likeness (QED) is 0.272. The van der Waals surface area contributed by atoms with Crippen LogP contribution in [0.3, 0.4) is 0 Å². The van der Waals surface area contributed by atoms with Gasteiger partial charge in [-0.05, 0) is 0 Å². The molecule has 0 radical (unpaired) electrons. The van der Waals surface area contributed by atoms with Crippen LogP contribution in [0.5, 0.6) is 0 Å². The fraction of sp³-hybridized carbons (Fsp3) is 0.161. The number of hydrogen-bond donors (Lipinski definition) is 1. The molecule has 35 heavy (non-hydrogen) atoms. The van der Waals surface area contributed by atoms with E-state index in [1.54, 1.807) is 0 Å². The summed E-state index contributed by atoms with van der Waals surface area (Å²) in [6, 6.07) is 39.3. The Balaban J connectivity index is 1.35. The van der Waals surface area contributed by atoms with E-state index in [0.717, 1.165) is 5.69 Å². The van der Waals surface area contributed by atoms with Crippen molar-refractivity contribution in [3.63, 3.8) is 0 Å². The first kappa shape index (κ1) is 22.2. The van der Waals surface area contributed by atoms with Gasteiger partial charge in [-0.3, -0.25) is 0 Å². The van der Waals surface area contributed by atoms with Crippen molar-refractivity contribution in [2.45, 2.75) is 31.3 Å². The summed E-state index contributed by atoms with van der Waals surface area (Å²) in [6.07, 6.45) is 0. The summed E-state index contributed by atoms with van der Waals surface area (Å²) < 4.78 is 5.87. The van der Waals surface area contributed by atoms with Crippen LogP contribution in [0, 0.1) is 0 Å². The van der Waals surface area contributed by atoms with Gasteiger partial charge in [-0.1, -0.05) is 0 Å². The molecule has 4 aromatic carbocycles. The second-order valence-electron chi connectivity index (χ2n) is 9.72. The molecule has 0 saturated heterocycles. The van der Waals surface area contributed by atoms with E-state index in [1.165, 1.54) is 37.8 Å². The molecular formula is C31H27N3Se. The first-order chi connectivity index (χ1) is 17.1. The number of nitrogens with one attached hydrogen (secondary N) is 1. The zero-order chi connectivity index (χ0) is 23.8. The maximum absolute atomic E-state index is 4.68. The van der Waals surface area contributed by atoms with Crippen molar-refractivity contribution in [3.05, 3.63) is 130 Å². The second kappa shape index (κ2) is 9.05. The second-order valence-corrected chi connectivity index (χ2v) is 11.4. The molecule has 0 aliphatic carbocycles. The van der Waals surface area contributed by atoms with Gasteiger partial charge < -0.3 is 0 Å². The predicted molar refractivity (Wildman–Crippen MR) is 143 cm³/mol. The summed E-state index contributed by atoms with van der Waals surface area (Å²) in [5.74, 6) is 0. The fourth-order valence-corrected chi connectivity index (χ4v) is 7.09. The number of benzene rings is 4. The Morgan fingerprint density at radius 2 is 1.11 bits per heavy atom. The van der Waals surface area contributed by atoms with Gasteiger partial charge in [0.15, 0.2) is 0 Å². The van der Waals surface area contributed by atoms with Crippen LogP contribution in [0.25, 0.3) is 22.3 Å². The summed E-state index contributed by atoms with van der Waals surface area (Å²) in [7, 11) is 0. The van der Waals surface area contributed by atoms with Crippen LogP contribution >= 0.6 is 0 Å². The maximum atomic E-state index is 4.68. The molecule has 2 heterocycles. The number of nitrogens with zero attached hydrogens (tertiary/aromatic N) is 2. The van der Waals surface area contributed by atoms with Gasteiger partial charge in [0.25, 0.3) is 0 Å². The third kappa shape index (κ3) is 4.08. The Bertz CT molecular complexity index is 1420. The van der Waals surface area contributed by atoms with Crippen LogP contribution in [0.15, 0.2) is 109 Å². The van der Waals surface area contributed by atoms with Gasteiger partial charge in [0, 0.05) is 0 Å². The summed E-state index contributed by atoms with van der Waals surface area (Å²) in [6.45, 7) is 4.58. The third-order valence-electron chi connectivity index (χ3n) is 7.14. The molecule has 0 bridgehead atoms. The summed E-state index contributed by atoms with van der Waals surface area (Å²) in [4.78, 5) is 0. The number of rotatable bonds is 4. The number of aromatic nitrogens is 2. The van der Waals surface area contributed by atoms with E-state index in [9.17, 15) is 0 Å². The summed E-state index contributed by atoms with van der Waals surface area (Å²) >= 11 is 0.0323. The Hall–Kier alpha value is -3.30. The van der Waals surface area contributed by atoms with Crippen LogP contribution in [0.2, 0.25) is 0 Å². The van der Waals surface area contributed by atoms with E-state index in [0.29, 0.717) is 0 Å². The molecular weight excluding hydrogens is 493 g/mol. The van der Waals surface area contributed by atoms with Gasteiger partial charge in [0.1, 0.15) is 0 Å². The molecule has 1 aliphatic rings. The van der Waals surface area contributed by atoms with Gasteiger partial charge in [0.05, 0.1) is 0 Å². The Labute approximate surface area is 212 Å². The Morgan fingerprint density at radius 3 is 1.66 bits per heavy atom. The molecule has 6 rings (SSSR count). The zero-order valence-electron chi connectivity index (χ0n) is 19.8. The van der Waals surface area contributed by atoms with Crippen molar-refractivity contribution in [1.29, 1.82) is 0 Å². The van der Waals surface area contributed by atoms with Crippen LogP contribution in [-0.2, 0) is 5.41 Å². The van der Waals surface area contributed by atoms with Crippen LogP contribution in [-0.4, -0.2) is 23.9 Å². The molecule has 2 atom stereocenters. The molecule has 0 spiro atoms. The molecule has 0 amide bonds. The number of hydrogen-bond acceptors (Lipinski definition) is 3. The van der Waals surface area contributed by atoms with Crippen molar-refractivity contribution in [2.24, 2.45) is 0 Å². The standard InChI is InChI=1S/C31H27N3Se/c1-31(2)29(26-19-15-24(16-20-26)22-11-7-4-8-12-22)32-27(28-30(31)33-34-35-28)25-17-13-23(14-18-25)21-9-5-3-6-10-21/h3-20,27,29,32H,1-2H3. The van der Waals surface area contributed by atoms with Gasteiger partial charge in [0.2, 0.25) is 0 Å². The van der Waals surface area contributed by atoms with Gasteiger partial charge in [-0.15, -0.1) is 0 Å². The molecule has 0 saturated carbocycles. The predicted octanol–water partition coefficient (Wildman–Crippen LogP) is 6.58.